The van der Waals surface area contributed by atoms with Crippen LogP contribution >= 0.6 is 11.3 Å². The lowest BCUT2D eigenvalue weighted by Gasteiger charge is -2.06. The topological polar surface area (TPSA) is 42.0 Å². The van der Waals surface area contributed by atoms with E-state index in [1.54, 1.807) is 23.5 Å². The molecular weight excluding hydrogens is 347 g/mol. The number of para-hydroxylation sites is 1. The fourth-order valence-corrected chi connectivity index (χ4v) is 3.66. The van der Waals surface area contributed by atoms with Crippen LogP contribution < -0.4 is 5.32 Å². The van der Waals surface area contributed by atoms with E-state index in [9.17, 15) is 9.18 Å². The van der Waals surface area contributed by atoms with Gasteiger partial charge in [-0.05, 0) is 54.1 Å². The molecule has 26 heavy (non-hydrogen) atoms. The SMILES string of the molecule is O=C(Cc1ccc(F)cc1)Nc1ccc(-c2nc3ccccc3s2)cc1. The summed E-state index contributed by atoms with van der Waals surface area (Å²) in [6.07, 6.45) is 0.208. The zero-order valence-corrected chi connectivity index (χ0v) is 14.6. The molecule has 1 aromatic heterocycles. The van der Waals surface area contributed by atoms with Gasteiger partial charge in [0.05, 0.1) is 16.6 Å². The molecule has 0 unspecified atom stereocenters. The third-order valence-corrected chi connectivity index (χ3v) is 5.07. The predicted molar refractivity (Wildman–Crippen MR) is 104 cm³/mol. The molecule has 0 fully saturated rings. The molecule has 0 aliphatic rings. The van der Waals surface area contributed by atoms with Gasteiger partial charge in [0.1, 0.15) is 10.8 Å². The Kier molecular flexibility index (Phi) is 4.46. The second kappa shape index (κ2) is 7.06. The minimum atomic E-state index is -0.306. The number of halogens is 1. The summed E-state index contributed by atoms with van der Waals surface area (Å²) in [6, 6.07) is 21.6. The van der Waals surface area contributed by atoms with Crippen LogP contribution in [0.5, 0.6) is 0 Å². The first kappa shape index (κ1) is 16.4. The standard InChI is InChI=1S/C21H15FN2OS/c22-16-9-5-14(6-10-16)13-20(25)23-17-11-7-15(8-12-17)21-24-18-3-1-2-4-19(18)26-21/h1-12H,13H2,(H,23,25). The van der Waals surface area contributed by atoms with Crippen molar-refractivity contribution in [2.75, 3.05) is 5.32 Å². The number of carbonyl (C=O) groups is 1. The Hall–Kier alpha value is -3.05. The molecule has 1 heterocycles. The minimum Gasteiger partial charge on any atom is -0.326 e. The van der Waals surface area contributed by atoms with E-state index in [0.717, 1.165) is 32.0 Å². The summed E-state index contributed by atoms with van der Waals surface area (Å²) in [7, 11) is 0. The number of benzene rings is 3. The molecule has 0 atom stereocenters. The van der Waals surface area contributed by atoms with Crippen LogP contribution in [0.4, 0.5) is 10.1 Å². The van der Waals surface area contributed by atoms with Gasteiger partial charge in [-0.15, -0.1) is 11.3 Å². The quantitative estimate of drug-likeness (QED) is 0.536. The lowest BCUT2D eigenvalue weighted by atomic mass is 10.1. The summed E-state index contributed by atoms with van der Waals surface area (Å²) >= 11 is 1.64. The van der Waals surface area contributed by atoms with Crippen molar-refractivity contribution in [1.82, 2.24) is 4.98 Å². The fraction of sp³-hybridized carbons (Fsp3) is 0.0476. The minimum absolute atomic E-state index is 0.135. The Bertz CT molecular complexity index is 1020. The fourth-order valence-electron chi connectivity index (χ4n) is 2.68. The van der Waals surface area contributed by atoms with Gasteiger partial charge in [-0.2, -0.15) is 0 Å². The van der Waals surface area contributed by atoms with Gasteiger partial charge in [-0.3, -0.25) is 4.79 Å². The second-order valence-corrected chi connectivity index (χ2v) is 6.95. The number of rotatable bonds is 4. The third-order valence-electron chi connectivity index (χ3n) is 3.99. The highest BCUT2D eigenvalue weighted by molar-refractivity contribution is 7.21. The van der Waals surface area contributed by atoms with Crippen molar-refractivity contribution in [2.24, 2.45) is 0 Å². The van der Waals surface area contributed by atoms with Crippen LogP contribution in [0.2, 0.25) is 0 Å². The first-order valence-corrected chi connectivity index (χ1v) is 8.99. The summed E-state index contributed by atoms with van der Waals surface area (Å²) in [6.45, 7) is 0. The number of hydrogen-bond donors (Lipinski definition) is 1. The molecular formula is C21H15FN2OS. The third kappa shape index (κ3) is 3.63. The number of anilines is 1. The first-order valence-electron chi connectivity index (χ1n) is 8.18. The maximum atomic E-state index is 12.9. The number of nitrogens with one attached hydrogen (secondary N) is 1. The van der Waals surface area contributed by atoms with E-state index in [2.05, 4.69) is 16.4 Å². The predicted octanol–water partition coefficient (Wildman–Crippen LogP) is 5.28. The number of hydrogen-bond acceptors (Lipinski definition) is 3. The highest BCUT2D eigenvalue weighted by Gasteiger charge is 2.07. The van der Waals surface area contributed by atoms with Crippen molar-refractivity contribution in [1.29, 1.82) is 0 Å². The van der Waals surface area contributed by atoms with Gasteiger partial charge in [0.2, 0.25) is 5.91 Å². The van der Waals surface area contributed by atoms with Gasteiger partial charge in [0, 0.05) is 11.3 Å². The molecule has 0 bridgehead atoms. The van der Waals surface area contributed by atoms with Crippen molar-refractivity contribution in [3.05, 3.63) is 84.2 Å². The van der Waals surface area contributed by atoms with Gasteiger partial charge in [0.25, 0.3) is 0 Å². The Morgan fingerprint density at radius 2 is 1.69 bits per heavy atom. The average molecular weight is 362 g/mol. The molecule has 4 rings (SSSR count). The summed E-state index contributed by atoms with van der Waals surface area (Å²) in [5.41, 5.74) is 3.50. The van der Waals surface area contributed by atoms with E-state index in [4.69, 9.17) is 0 Å². The van der Waals surface area contributed by atoms with Crippen molar-refractivity contribution < 1.29 is 9.18 Å². The van der Waals surface area contributed by atoms with Crippen LogP contribution in [0.25, 0.3) is 20.8 Å². The van der Waals surface area contributed by atoms with E-state index < -0.39 is 0 Å². The molecule has 0 saturated heterocycles. The van der Waals surface area contributed by atoms with Crippen LogP contribution in [0.3, 0.4) is 0 Å². The Morgan fingerprint density at radius 3 is 2.42 bits per heavy atom. The number of thiazole rings is 1. The molecule has 1 N–H and O–H groups in total. The zero-order valence-electron chi connectivity index (χ0n) is 13.8. The monoisotopic (exact) mass is 362 g/mol. The smallest absolute Gasteiger partial charge is 0.228 e. The van der Waals surface area contributed by atoms with E-state index in [1.165, 1.54) is 12.1 Å². The maximum absolute atomic E-state index is 12.9. The Balaban J connectivity index is 1.45. The number of aromatic nitrogens is 1. The van der Waals surface area contributed by atoms with Gasteiger partial charge < -0.3 is 5.32 Å². The van der Waals surface area contributed by atoms with Crippen molar-refractivity contribution in [3.8, 4) is 10.6 Å². The van der Waals surface area contributed by atoms with Gasteiger partial charge in [-0.25, -0.2) is 9.37 Å². The molecule has 1 amide bonds. The number of fused-ring (bicyclic) bond motifs is 1. The number of amides is 1. The second-order valence-electron chi connectivity index (χ2n) is 5.92. The maximum Gasteiger partial charge on any atom is 0.228 e. The molecule has 128 valence electrons. The molecule has 3 nitrogen and oxygen atoms in total. The molecule has 0 aliphatic heterocycles. The van der Waals surface area contributed by atoms with Crippen LogP contribution in [0, 0.1) is 5.82 Å². The molecule has 5 heteroatoms. The first-order chi connectivity index (χ1) is 12.7. The highest BCUT2D eigenvalue weighted by atomic mass is 32.1. The molecule has 0 spiro atoms. The normalized spacial score (nSPS) is 10.8. The largest absolute Gasteiger partial charge is 0.326 e. The van der Waals surface area contributed by atoms with E-state index >= 15 is 0 Å². The molecule has 4 aromatic rings. The lowest BCUT2D eigenvalue weighted by molar-refractivity contribution is -0.115. The Morgan fingerprint density at radius 1 is 0.962 bits per heavy atom. The molecule has 0 saturated carbocycles. The molecule has 0 radical (unpaired) electrons. The molecule has 0 aliphatic carbocycles. The van der Waals surface area contributed by atoms with Crippen molar-refractivity contribution in [3.63, 3.8) is 0 Å². The summed E-state index contributed by atoms with van der Waals surface area (Å²) in [5, 5.41) is 3.81. The van der Waals surface area contributed by atoms with E-state index in [1.807, 2.05) is 42.5 Å². The summed E-state index contributed by atoms with van der Waals surface area (Å²) < 4.78 is 14.1. The van der Waals surface area contributed by atoms with Crippen molar-refractivity contribution >= 4 is 33.1 Å². The lowest BCUT2D eigenvalue weighted by Crippen LogP contribution is -2.14. The Labute approximate surface area is 154 Å². The zero-order chi connectivity index (χ0) is 17.9. The molecule has 3 aromatic carbocycles. The highest BCUT2D eigenvalue weighted by Crippen LogP contribution is 2.30. The number of nitrogens with zero attached hydrogens (tertiary/aromatic N) is 1. The average Bonchev–Trinajstić information content (AvgIpc) is 3.08. The van der Waals surface area contributed by atoms with Crippen LogP contribution in [-0.2, 0) is 11.2 Å². The van der Waals surface area contributed by atoms with Crippen LogP contribution in [0.15, 0.2) is 72.8 Å². The van der Waals surface area contributed by atoms with Gasteiger partial charge in [-0.1, -0.05) is 24.3 Å². The van der Waals surface area contributed by atoms with Crippen LogP contribution in [0.1, 0.15) is 5.56 Å². The summed E-state index contributed by atoms with van der Waals surface area (Å²) in [4.78, 5) is 16.8. The van der Waals surface area contributed by atoms with Gasteiger partial charge in [0.15, 0.2) is 0 Å². The van der Waals surface area contributed by atoms with E-state index in [-0.39, 0.29) is 18.1 Å². The van der Waals surface area contributed by atoms with Gasteiger partial charge >= 0.3 is 0 Å². The van der Waals surface area contributed by atoms with Crippen molar-refractivity contribution in [2.45, 2.75) is 6.42 Å². The summed E-state index contributed by atoms with van der Waals surface area (Å²) in [5.74, 6) is -0.441. The number of carbonyl (C=O) groups excluding carboxylic acids is 1. The van der Waals surface area contributed by atoms with Crippen LogP contribution in [-0.4, -0.2) is 10.9 Å². The van der Waals surface area contributed by atoms with E-state index in [0.29, 0.717) is 0 Å².